The zero-order valence-electron chi connectivity index (χ0n) is 12.7. The van der Waals surface area contributed by atoms with Crippen molar-refractivity contribution in [1.82, 2.24) is 15.0 Å². The number of carbonyl (C=O) groups excluding carboxylic acids is 2. The summed E-state index contributed by atoms with van der Waals surface area (Å²) in [6, 6.07) is -0.0547. The molecule has 9 heteroatoms. The van der Waals surface area contributed by atoms with Crippen molar-refractivity contribution in [3.8, 4) is 0 Å². The fraction of sp³-hybridized carbons (Fsp3) is 0.769. The summed E-state index contributed by atoms with van der Waals surface area (Å²) in [5.74, 6) is -0.304. The maximum absolute atomic E-state index is 12.0. The van der Waals surface area contributed by atoms with Gasteiger partial charge in [0, 0.05) is 32.0 Å². The lowest BCUT2D eigenvalue weighted by Crippen LogP contribution is -2.49. The minimum atomic E-state index is -3.16. The first-order valence-corrected chi connectivity index (χ1v) is 9.17. The molecule has 0 aromatic rings. The highest BCUT2D eigenvalue weighted by atomic mass is 32.2. The standard InChI is InChI=1S/C13H22N4O4S/c1-2-9-22(20,21)17-7-5-10(6-8-17)14-13(19)11-3-4-12(18)16-15-11/h10H,2-9H2,1H3,(H,14,19)(H,16,18). The molecular weight excluding hydrogens is 308 g/mol. The summed E-state index contributed by atoms with van der Waals surface area (Å²) in [5, 5.41) is 6.62. The number of hydrazone groups is 1. The maximum Gasteiger partial charge on any atom is 0.267 e. The minimum absolute atomic E-state index is 0.0547. The van der Waals surface area contributed by atoms with Gasteiger partial charge in [0.1, 0.15) is 5.71 Å². The van der Waals surface area contributed by atoms with E-state index in [0.29, 0.717) is 44.5 Å². The van der Waals surface area contributed by atoms with E-state index in [1.165, 1.54) is 4.31 Å². The van der Waals surface area contributed by atoms with Crippen molar-refractivity contribution < 1.29 is 18.0 Å². The number of sulfonamides is 1. The van der Waals surface area contributed by atoms with E-state index in [-0.39, 0.29) is 30.0 Å². The molecule has 0 radical (unpaired) electrons. The summed E-state index contributed by atoms with van der Waals surface area (Å²) in [4.78, 5) is 23.0. The minimum Gasteiger partial charge on any atom is -0.348 e. The molecule has 0 spiro atoms. The van der Waals surface area contributed by atoms with Gasteiger partial charge in [0.25, 0.3) is 5.91 Å². The second-order valence-electron chi connectivity index (χ2n) is 5.56. The van der Waals surface area contributed by atoms with Crippen LogP contribution >= 0.6 is 0 Å². The van der Waals surface area contributed by atoms with Crippen LogP contribution in [0.3, 0.4) is 0 Å². The van der Waals surface area contributed by atoms with E-state index in [0.717, 1.165) is 0 Å². The number of hydrogen-bond donors (Lipinski definition) is 2. The number of hydrogen-bond acceptors (Lipinski definition) is 5. The van der Waals surface area contributed by atoms with E-state index in [4.69, 9.17) is 0 Å². The topological polar surface area (TPSA) is 108 Å². The molecule has 1 fully saturated rings. The number of nitrogens with zero attached hydrogens (tertiary/aromatic N) is 2. The van der Waals surface area contributed by atoms with Crippen molar-refractivity contribution in [2.75, 3.05) is 18.8 Å². The van der Waals surface area contributed by atoms with Crippen LogP contribution in [0.2, 0.25) is 0 Å². The fourth-order valence-corrected chi connectivity index (χ4v) is 4.11. The van der Waals surface area contributed by atoms with Crippen LogP contribution in [0.4, 0.5) is 0 Å². The lowest BCUT2D eigenvalue weighted by atomic mass is 10.1. The quantitative estimate of drug-likeness (QED) is 0.713. The summed E-state index contributed by atoms with van der Waals surface area (Å²) in [6.45, 7) is 2.70. The van der Waals surface area contributed by atoms with Gasteiger partial charge in [-0.3, -0.25) is 9.59 Å². The zero-order chi connectivity index (χ0) is 16.2. The fourth-order valence-electron chi connectivity index (χ4n) is 2.57. The Hall–Kier alpha value is -1.48. The van der Waals surface area contributed by atoms with Crippen LogP contribution in [0.1, 0.15) is 39.0 Å². The molecule has 0 bridgehead atoms. The molecule has 0 aromatic carbocycles. The number of carbonyl (C=O) groups is 2. The summed E-state index contributed by atoms with van der Waals surface area (Å²) in [6.07, 6.45) is 2.38. The SMILES string of the molecule is CCCS(=O)(=O)N1CCC(NC(=O)C2=NNC(=O)CC2)CC1. The van der Waals surface area contributed by atoms with Gasteiger partial charge in [0.05, 0.1) is 5.75 Å². The second kappa shape index (κ2) is 7.19. The third-order valence-electron chi connectivity index (χ3n) is 3.81. The summed E-state index contributed by atoms with van der Waals surface area (Å²) < 4.78 is 25.4. The van der Waals surface area contributed by atoms with Gasteiger partial charge >= 0.3 is 0 Å². The van der Waals surface area contributed by atoms with Crippen LogP contribution in [-0.4, -0.2) is 55.1 Å². The highest BCUT2D eigenvalue weighted by Crippen LogP contribution is 2.15. The van der Waals surface area contributed by atoms with Crippen LogP contribution in [-0.2, 0) is 19.6 Å². The predicted octanol–water partition coefficient (Wildman–Crippen LogP) is -0.427. The molecule has 2 amide bonds. The first kappa shape index (κ1) is 16.9. The van der Waals surface area contributed by atoms with Gasteiger partial charge in [-0.25, -0.2) is 18.1 Å². The molecule has 0 saturated carbocycles. The van der Waals surface area contributed by atoms with Crippen LogP contribution in [0.5, 0.6) is 0 Å². The van der Waals surface area contributed by atoms with Crippen molar-refractivity contribution in [2.24, 2.45) is 5.10 Å². The third-order valence-corrected chi connectivity index (χ3v) is 5.89. The lowest BCUT2D eigenvalue weighted by Gasteiger charge is -2.31. The molecule has 2 rings (SSSR count). The molecule has 2 aliphatic rings. The van der Waals surface area contributed by atoms with Gasteiger partial charge in [-0.15, -0.1) is 0 Å². The Morgan fingerprint density at radius 3 is 2.59 bits per heavy atom. The van der Waals surface area contributed by atoms with Crippen molar-refractivity contribution in [1.29, 1.82) is 0 Å². The van der Waals surface area contributed by atoms with Gasteiger partial charge in [-0.05, 0) is 19.3 Å². The molecule has 124 valence electrons. The normalized spacial score (nSPS) is 21.1. The van der Waals surface area contributed by atoms with E-state index in [9.17, 15) is 18.0 Å². The average Bonchev–Trinajstić information content (AvgIpc) is 2.48. The second-order valence-corrected chi connectivity index (χ2v) is 7.64. The molecule has 0 aromatic heterocycles. The van der Waals surface area contributed by atoms with E-state index < -0.39 is 10.0 Å². The number of piperidine rings is 1. The van der Waals surface area contributed by atoms with E-state index >= 15 is 0 Å². The Labute approximate surface area is 130 Å². The smallest absolute Gasteiger partial charge is 0.267 e. The van der Waals surface area contributed by atoms with Crippen molar-refractivity contribution in [2.45, 2.75) is 45.1 Å². The van der Waals surface area contributed by atoms with Crippen LogP contribution in [0.25, 0.3) is 0 Å². The number of amides is 2. The first-order chi connectivity index (χ1) is 10.4. The van der Waals surface area contributed by atoms with Crippen molar-refractivity contribution in [3.63, 3.8) is 0 Å². The molecule has 0 unspecified atom stereocenters. The van der Waals surface area contributed by atoms with E-state index in [1.54, 1.807) is 0 Å². The van der Waals surface area contributed by atoms with Crippen LogP contribution < -0.4 is 10.7 Å². The predicted molar refractivity (Wildman–Crippen MR) is 81.6 cm³/mol. The van der Waals surface area contributed by atoms with Crippen molar-refractivity contribution in [3.05, 3.63) is 0 Å². The molecule has 2 heterocycles. The van der Waals surface area contributed by atoms with Gasteiger partial charge < -0.3 is 5.32 Å². The Balaban J connectivity index is 1.82. The summed E-state index contributed by atoms with van der Waals surface area (Å²) in [7, 11) is -3.16. The Kier molecular flexibility index (Phi) is 5.52. The van der Waals surface area contributed by atoms with Crippen LogP contribution in [0, 0.1) is 0 Å². The molecule has 8 nitrogen and oxygen atoms in total. The van der Waals surface area contributed by atoms with Gasteiger partial charge in [-0.1, -0.05) is 6.92 Å². The molecule has 2 aliphatic heterocycles. The summed E-state index contributed by atoms with van der Waals surface area (Å²) in [5.41, 5.74) is 2.61. The van der Waals surface area contributed by atoms with Gasteiger partial charge in [0.2, 0.25) is 15.9 Å². The third kappa shape index (κ3) is 4.26. The van der Waals surface area contributed by atoms with Crippen molar-refractivity contribution >= 4 is 27.5 Å². The van der Waals surface area contributed by atoms with Crippen LogP contribution in [0.15, 0.2) is 5.10 Å². The lowest BCUT2D eigenvalue weighted by molar-refractivity contribution is -0.121. The largest absolute Gasteiger partial charge is 0.348 e. The average molecular weight is 330 g/mol. The maximum atomic E-state index is 12.0. The number of nitrogens with one attached hydrogen (secondary N) is 2. The molecular formula is C13H22N4O4S. The Morgan fingerprint density at radius 2 is 2.05 bits per heavy atom. The molecule has 0 atom stereocenters. The monoisotopic (exact) mass is 330 g/mol. The van der Waals surface area contributed by atoms with E-state index in [1.807, 2.05) is 6.92 Å². The Morgan fingerprint density at radius 1 is 1.36 bits per heavy atom. The first-order valence-electron chi connectivity index (χ1n) is 7.56. The van der Waals surface area contributed by atoms with Gasteiger partial charge in [0.15, 0.2) is 0 Å². The molecule has 0 aliphatic carbocycles. The molecule has 22 heavy (non-hydrogen) atoms. The molecule has 2 N–H and O–H groups in total. The highest BCUT2D eigenvalue weighted by molar-refractivity contribution is 7.89. The highest BCUT2D eigenvalue weighted by Gasteiger charge is 2.29. The van der Waals surface area contributed by atoms with E-state index in [2.05, 4.69) is 15.8 Å². The summed E-state index contributed by atoms with van der Waals surface area (Å²) >= 11 is 0. The number of rotatable bonds is 5. The van der Waals surface area contributed by atoms with Gasteiger partial charge in [-0.2, -0.15) is 5.10 Å². The molecule has 1 saturated heterocycles. The Bertz CT molecular complexity index is 565. The zero-order valence-corrected chi connectivity index (χ0v) is 13.5.